The van der Waals surface area contributed by atoms with Gasteiger partial charge in [0.2, 0.25) is 5.91 Å². The van der Waals surface area contributed by atoms with Crippen molar-refractivity contribution in [3.63, 3.8) is 0 Å². The van der Waals surface area contributed by atoms with E-state index in [1.54, 1.807) is 12.1 Å². The van der Waals surface area contributed by atoms with E-state index in [0.717, 1.165) is 9.80 Å². The van der Waals surface area contributed by atoms with E-state index in [-0.39, 0.29) is 48.0 Å². The van der Waals surface area contributed by atoms with Crippen LogP contribution >= 0.6 is 0 Å². The monoisotopic (exact) mass is 329 g/mol. The van der Waals surface area contributed by atoms with Crippen molar-refractivity contribution in [3.05, 3.63) is 29.3 Å². The lowest BCUT2D eigenvalue weighted by Crippen LogP contribution is -2.56. The van der Waals surface area contributed by atoms with E-state index < -0.39 is 23.8 Å². The Labute approximate surface area is 139 Å². The van der Waals surface area contributed by atoms with Crippen molar-refractivity contribution in [1.29, 1.82) is 0 Å². The van der Waals surface area contributed by atoms with Gasteiger partial charge in [-0.1, -0.05) is 19.9 Å². The van der Waals surface area contributed by atoms with Gasteiger partial charge in [-0.3, -0.25) is 29.0 Å². The number of likely N-dealkylation sites (tertiary alicyclic amines) is 1. The lowest BCUT2D eigenvalue weighted by Gasteiger charge is -2.35. The van der Waals surface area contributed by atoms with Crippen molar-refractivity contribution < 1.29 is 19.2 Å². The second kappa shape index (κ2) is 5.74. The molecule has 0 bridgehead atoms. The molecular weight excluding hydrogens is 310 g/mol. The van der Waals surface area contributed by atoms with E-state index in [1.807, 2.05) is 13.8 Å². The minimum absolute atomic E-state index is 0.106. The summed E-state index contributed by atoms with van der Waals surface area (Å²) in [5, 5.41) is 0. The SMILES string of the molecule is CC(C)CN1C(=O)CCC(N2C(=O)c3cccc(N)c3C2=O)C1=O. The number of carbonyl (C=O) groups is 4. The first-order valence-electron chi connectivity index (χ1n) is 7.93. The molecule has 0 spiro atoms. The normalized spacial score (nSPS) is 21.0. The fraction of sp³-hybridized carbons (Fsp3) is 0.412. The molecule has 1 saturated heterocycles. The van der Waals surface area contributed by atoms with Gasteiger partial charge in [0.05, 0.1) is 11.1 Å². The third-order valence-electron chi connectivity index (χ3n) is 4.32. The quantitative estimate of drug-likeness (QED) is 0.659. The van der Waals surface area contributed by atoms with Crippen LogP contribution in [0.5, 0.6) is 0 Å². The van der Waals surface area contributed by atoms with Gasteiger partial charge in [0, 0.05) is 18.7 Å². The summed E-state index contributed by atoms with van der Waals surface area (Å²) >= 11 is 0. The molecule has 0 aromatic heterocycles. The van der Waals surface area contributed by atoms with Crippen LogP contribution in [-0.4, -0.2) is 46.0 Å². The number of hydrogen-bond acceptors (Lipinski definition) is 5. The number of nitrogens with zero attached hydrogens (tertiary/aromatic N) is 2. The number of rotatable bonds is 3. The van der Waals surface area contributed by atoms with Crippen LogP contribution in [0.15, 0.2) is 18.2 Å². The predicted molar refractivity (Wildman–Crippen MR) is 85.9 cm³/mol. The van der Waals surface area contributed by atoms with Crippen molar-refractivity contribution in [3.8, 4) is 0 Å². The number of nitrogen functional groups attached to an aromatic ring is 1. The first-order chi connectivity index (χ1) is 11.3. The van der Waals surface area contributed by atoms with Crippen LogP contribution < -0.4 is 5.73 Å². The molecule has 1 unspecified atom stereocenters. The highest BCUT2D eigenvalue weighted by Crippen LogP contribution is 2.32. The number of nitrogens with two attached hydrogens (primary N) is 1. The molecule has 2 heterocycles. The van der Waals surface area contributed by atoms with Crippen molar-refractivity contribution >= 4 is 29.3 Å². The summed E-state index contributed by atoms with van der Waals surface area (Å²) in [4.78, 5) is 52.1. The summed E-state index contributed by atoms with van der Waals surface area (Å²) in [5.41, 5.74) is 6.38. The topological polar surface area (TPSA) is 101 Å². The van der Waals surface area contributed by atoms with Gasteiger partial charge in [-0.15, -0.1) is 0 Å². The Kier molecular flexibility index (Phi) is 3.87. The lowest BCUT2D eigenvalue weighted by molar-refractivity contribution is -0.152. The van der Waals surface area contributed by atoms with Crippen LogP contribution in [0.2, 0.25) is 0 Å². The summed E-state index contributed by atoms with van der Waals surface area (Å²) in [7, 11) is 0. The van der Waals surface area contributed by atoms with E-state index in [4.69, 9.17) is 5.73 Å². The molecule has 1 atom stereocenters. The third-order valence-corrected chi connectivity index (χ3v) is 4.32. The average Bonchev–Trinajstić information content (AvgIpc) is 2.77. The molecule has 0 aliphatic carbocycles. The Bertz CT molecular complexity index is 756. The van der Waals surface area contributed by atoms with E-state index in [2.05, 4.69) is 0 Å². The predicted octanol–water partition coefficient (Wildman–Crippen LogP) is 1.04. The zero-order chi connectivity index (χ0) is 17.6. The second-order valence-corrected chi connectivity index (χ2v) is 6.54. The molecule has 7 heteroatoms. The number of amides is 4. The number of anilines is 1. The molecule has 2 N–H and O–H groups in total. The Morgan fingerprint density at radius 2 is 1.88 bits per heavy atom. The summed E-state index contributed by atoms with van der Waals surface area (Å²) in [5.74, 6) is -1.74. The summed E-state index contributed by atoms with van der Waals surface area (Å²) in [6.45, 7) is 4.07. The van der Waals surface area contributed by atoms with Gasteiger partial charge in [-0.05, 0) is 24.5 Å². The van der Waals surface area contributed by atoms with Gasteiger partial charge < -0.3 is 5.73 Å². The van der Waals surface area contributed by atoms with Crippen LogP contribution in [0.4, 0.5) is 5.69 Å². The minimum Gasteiger partial charge on any atom is -0.398 e. The van der Waals surface area contributed by atoms with Crippen LogP contribution in [0.25, 0.3) is 0 Å². The molecular formula is C17H19N3O4. The van der Waals surface area contributed by atoms with Gasteiger partial charge in [-0.2, -0.15) is 0 Å². The van der Waals surface area contributed by atoms with E-state index in [1.165, 1.54) is 6.07 Å². The van der Waals surface area contributed by atoms with Gasteiger partial charge in [0.25, 0.3) is 17.7 Å². The summed E-state index contributed by atoms with van der Waals surface area (Å²) in [6, 6.07) is 3.72. The first-order valence-corrected chi connectivity index (χ1v) is 7.93. The highest BCUT2D eigenvalue weighted by molar-refractivity contribution is 6.25. The largest absolute Gasteiger partial charge is 0.398 e. The smallest absolute Gasteiger partial charge is 0.264 e. The van der Waals surface area contributed by atoms with Crippen LogP contribution in [0.3, 0.4) is 0 Å². The van der Waals surface area contributed by atoms with Crippen LogP contribution in [-0.2, 0) is 9.59 Å². The lowest BCUT2D eigenvalue weighted by atomic mass is 10.0. The number of fused-ring (bicyclic) bond motifs is 1. The minimum atomic E-state index is -0.951. The maximum Gasteiger partial charge on any atom is 0.264 e. The van der Waals surface area contributed by atoms with Crippen molar-refractivity contribution in [2.75, 3.05) is 12.3 Å². The maximum atomic E-state index is 12.7. The molecule has 1 aromatic carbocycles. The zero-order valence-electron chi connectivity index (χ0n) is 13.6. The van der Waals surface area contributed by atoms with Gasteiger partial charge in [0.1, 0.15) is 6.04 Å². The van der Waals surface area contributed by atoms with Crippen LogP contribution in [0.1, 0.15) is 47.4 Å². The van der Waals surface area contributed by atoms with Gasteiger partial charge in [0.15, 0.2) is 0 Å². The first kappa shape index (κ1) is 16.2. The molecule has 4 amide bonds. The van der Waals surface area contributed by atoms with Gasteiger partial charge >= 0.3 is 0 Å². The molecule has 3 rings (SSSR count). The van der Waals surface area contributed by atoms with E-state index in [0.29, 0.717) is 0 Å². The molecule has 0 saturated carbocycles. The standard InChI is InChI=1S/C17H19N3O4/c1-9(2)8-19-13(21)7-6-12(16(19)23)20-15(22)10-4-3-5-11(18)14(10)17(20)24/h3-5,9,12H,6-8,18H2,1-2H3. The molecule has 2 aliphatic heterocycles. The zero-order valence-corrected chi connectivity index (χ0v) is 13.6. The Hall–Kier alpha value is -2.70. The van der Waals surface area contributed by atoms with Crippen molar-refractivity contribution in [2.45, 2.75) is 32.7 Å². The van der Waals surface area contributed by atoms with Gasteiger partial charge in [-0.25, -0.2) is 0 Å². The Balaban J connectivity index is 1.94. The third kappa shape index (κ3) is 2.36. The number of benzene rings is 1. The highest BCUT2D eigenvalue weighted by Gasteiger charge is 2.47. The van der Waals surface area contributed by atoms with Crippen LogP contribution in [0, 0.1) is 5.92 Å². The molecule has 126 valence electrons. The average molecular weight is 329 g/mol. The molecule has 1 aromatic rings. The molecule has 2 aliphatic rings. The second-order valence-electron chi connectivity index (χ2n) is 6.54. The van der Waals surface area contributed by atoms with Crippen molar-refractivity contribution in [2.24, 2.45) is 5.92 Å². The fourth-order valence-electron chi connectivity index (χ4n) is 3.23. The maximum absolute atomic E-state index is 12.7. The molecule has 0 radical (unpaired) electrons. The molecule has 24 heavy (non-hydrogen) atoms. The molecule has 1 fully saturated rings. The van der Waals surface area contributed by atoms with Crippen molar-refractivity contribution in [1.82, 2.24) is 9.80 Å². The molecule has 7 nitrogen and oxygen atoms in total. The Morgan fingerprint density at radius 3 is 2.50 bits per heavy atom. The van der Waals surface area contributed by atoms with E-state index >= 15 is 0 Å². The number of hydrogen-bond donors (Lipinski definition) is 1. The summed E-state index contributed by atoms with van der Waals surface area (Å²) < 4.78 is 0. The Morgan fingerprint density at radius 1 is 1.17 bits per heavy atom. The number of piperidine rings is 1. The highest BCUT2D eigenvalue weighted by atomic mass is 16.2. The number of imide groups is 2. The number of carbonyl (C=O) groups excluding carboxylic acids is 4. The van der Waals surface area contributed by atoms with E-state index in [9.17, 15) is 19.2 Å². The summed E-state index contributed by atoms with van der Waals surface area (Å²) in [6.07, 6.45) is 0.281. The fourth-order valence-corrected chi connectivity index (χ4v) is 3.23.